The van der Waals surface area contributed by atoms with Crippen LogP contribution in [-0.4, -0.2) is 49.0 Å². The van der Waals surface area contributed by atoms with Gasteiger partial charge in [0.25, 0.3) is 8.05 Å². The maximum Gasteiger partial charge on any atom is 0.410 e. The summed E-state index contributed by atoms with van der Waals surface area (Å²) in [5.41, 5.74) is 1.52. The molecule has 1 aromatic heterocycles. The lowest BCUT2D eigenvalue weighted by Crippen LogP contribution is -2.48. The quantitative estimate of drug-likeness (QED) is 0.781. The third kappa shape index (κ3) is 3.63. The molecule has 0 aliphatic carbocycles. The molecule has 2 unspecified atom stereocenters. The Morgan fingerprint density at radius 3 is 2.59 bits per heavy atom. The van der Waals surface area contributed by atoms with Crippen molar-refractivity contribution in [3.8, 4) is 0 Å². The SMILES string of the molecule is BOC1CN(C(=O)OC(C)(C)C)CCC1c1c(C)noc1C. The van der Waals surface area contributed by atoms with Crippen LogP contribution in [0.2, 0.25) is 0 Å². The Labute approximate surface area is 132 Å². The minimum Gasteiger partial charge on any atom is -0.444 e. The molecule has 1 aromatic rings. The molecule has 0 N–H and O–H groups in total. The zero-order valence-electron chi connectivity index (χ0n) is 14.3. The molecule has 122 valence electrons. The lowest BCUT2D eigenvalue weighted by Gasteiger charge is -2.38. The highest BCUT2D eigenvalue weighted by atomic mass is 16.6. The van der Waals surface area contributed by atoms with E-state index < -0.39 is 5.60 Å². The fourth-order valence-corrected chi connectivity index (χ4v) is 3.00. The Balaban J connectivity index is 2.10. The van der Waals surface area contributed by atoms with Crippen LogP contribution in [0.15, 0.2) is 4.52 Å². The number of hydrogen-bond acceptors (Lipinski definition) is 5. The topological polar surface area (TPSA) is 64.8 Å². The predicted octanol–water partition coefficient (Wildman–Crippen LogP) is 1.95. The van der Waals surface area contributed by atoms with E-state index in [1.54, 1.807) is 12.9 Å². The molecule has 22 heavy (non-hydrogen) atoms. The van der Waals surface area contributed by atoms with Crippen LogP contribution >= 0.6 is 0 Å². The first-order chi connectivity index (χ1) is 10.2. The normalized spacial score (nSPS) is 22.7. The van der Waals surface area contributed by atoms with E-state index >= 15 is 0 Å². The molecular weight excluding hydrogens is 283 g/mol. The molecule has 1 amide bonds. The van der Waals surface area contributed by atoms with E-state index in [4.69, 9.17) is 13.9 Å². The number of ether oxygens (including phenoxy) is 1. The molecule has 1 aliphatic heterocycles. The number of rotatable bonds is 2. The molecule has 0 saturated carbocycles. The van der Waals surface area contributed by atoms with Gasteiger partial charge in [-0.25, -0.2) is 4.79 Å². The van der Waals surface area contributed by atoms with Crippen molar-refractivity contribution < 1.29 is 18.7 Å². The van der Waals surface area contributed by atoms with Crippen molar-refractivity contribution in [1.82, 2.24) is 10.1 Å². The second kappa shape index (κ2) is 6.32. The number of likely N-dealkylation sites (tertiary alicyclic amines) is 1. The van der Waals surface area contributed by atoms with Crippen molar-refractivity contribution >= 4 is 14.1 Å². The maximum atomic E-state index is 12.2. The van der Waals surface area contributed by atoms with Crippen molar-refractivity contribution in [3.63, 3.8) is 0 Å². The molecule has 0 aromatic carbocycles. The maximum absolute atomic E-state index is 12.2. The highest BCUT2D eigenvalue weighted by Gasteiger charge is 2.36. The Morgan fingerprint density at radius 1 is 1.41 bits per heavy atom. The van der Waals surface area contributed by atoms with E-state index in [1.807, 2.05) is 34.6 Å². The van der Waals surface area contributed by atoms with Crippen LogP contribution in [0, 0.1) is 13.8 Å². The molecular formula is C15H25BN2O4. The van der Waals surface area contributed by atoms with Gasteiger partial charge >= 0.3 is 6.09 Å². The Bertz CT molecular complexity index is 519. The lowest BCUT2D eigenvalue weighted by atomic mass is 9.85. The van der Waals surface area contributed by atoms with Crippen LogP contribution in [0.1, 0.15) is 50.1 Å². The number of carbonyl (C=O) groups is 1. The second-order valence-electron chi connectivity index (χ2n) is 6.83. The molecule has 1 fully saturated rings. The van der Waals surface area contributed by atoms with Gasteiger partial charge in [0.05, 0.1) is 11.8 Å². The Kier molecular flexibility index (Phi) is 4.85. The number of amides is 1. The average Bonchev–Trinajstić information content (AvgIpc) is 2.75. The van der Waals surface area contributed by atoms with E-state index in [9.17, 15) is 4.79 Å². The second-order valence-corrected chi connectivity index (χ2v) is 6.83. The molecule has 0 bridgehead atoms. The first kappa shape index (κ1) is 16.9. The van der Waals surface area contributed by atoms with E-state index in [-0.39, 0.29) is 18.1 Å². The van der Waals surface area contributed by atoms with E-state index in [0.29, 0.717) is 13.1 Å². The van der Waals surface area contributed by atoms with Crippen molar-refractivity contribution in [3.05, 3.63) is 17.0 Å². The summed E-state index contributed by atoms with van der Waals surface area (Å²) in [4.78, 5) is 13.9. The molecule has 1 aliphatic rings. The largest absolute Gasteiger partial charge is 0.444 e. The standard InChI is InChI=1S/C15H25BN2O4/c1-9-13(10(2)22-17-9)11-6-7-18(8-12(11)21-16)14(19)20-15(3,4)5/h11-12H,6-8,16H2,1-5H3. The fourth-order valence-electron chi connectivity index (χ4n) is 3.00. The van der Waals surface area contributed by atoms with Gasteiger partial charge in [-0.05, 0) is 41.0 Å². The number of aromatic nitrogens is 1. The van der Waals surface area contributed by atoms with E-state index in [2.05, 4.69) is 5.16 Å². The van der Waals surface area contributed by atoms with Gasteiger partial charge in [-0.15, -0.1) is 0 Å². The van der Waals surface area contributed by atoms with Crippen molar-refractivity contribution in [2.24, 2.45) is 0 Å². The van der Waals surface area contributed by atoms with E-state index in [0.717, 1.165) is 23.4 Å². The van der Waals surface area contributed by atoms with Crippen LogP contribution in [-0.2, 0) is 9.39 Å². The van der Waals surface area contributed by atoms with Crippen molar-refractivity contribution in [2.45, 2.75) is 58.7 Å². The predicted molar refractivity (Wildman–Crippen MR) is 84.6 cm³/mol. The zero-order chi connectivity index (χ0) is 16.5. The molecule has 6 nitrogen and oxygen atoms in total. The number of nitrogens with zero attached hydrogens (tertiary/aromatic N) is 2. The highest BCUT2D eigenvalue weighted by molar-refractivity contribution is 5.98. The van der Waals surface area contributed by atoms with Gasteiger partial charge in [-0.3, -0.25) is 0 Å². The Hall–Kier alpha value is -1.50. The van der Waals surface area contributed by atoms with Gasteiger partial charge in [0.2, 0.25) is 0 Å². The molecule has 2 atom stereocenters. The summed E-state index contributed by atoms with van der Waals surface area (Å²) in [5.74, 6) is 1.02. The van der Waals surface area contributed by atoms with Gasteiger partial charge in [-0.1, -0.05) is 5.16 Å². The van der Waals surface area contributed by atoms with Gasteiger partial charge in [0, 0.05) is 24.6 Å². The van der Waals surface area contributed by atoms with Gasteiger partial charge in [0.1, 0.15) is 11.4 Å². The smallest absolute Gasteiger partial charge is 0.410 e. The summed E-state index contributed by atoms with van der Waals surface area (Å²) in [7, 11) is 1.68. The third-order valence-corrected chi connectivity index (χ3v) is 3.97. The number of carbonyl (C=O) groups excluding carboxylic acids is 1. The van der Waals surface area contributed by atoms with Crippen LogP contribution < -0.4 is 0 Å². The first-order valence-electron chi connectivity index (χ1n) is 7.66. The summed E-state index contributed by atoms with van der Waals surface area (Å²) in [6, 6.07) is 0. The van der Waals surface area contributed by atoms with Gasteiger partial charge < -0.3 is 18.8 Å². The number of piperidine rings is 1. The van der Waals surface area contributed by atoms with Crippen LogP contribution in [0.25, 0.3) is 0 Å². The van der Waals surface area contributed by atoms with Crippen LogP contribution in [0.3, 0.4) is 0 Å². The molecule has 0 spiro atoms. The van der Waals surface area contributed by atoms with Crippen LogP contribution in [0.4, 0.5) is 4.79 Å². The molecule has 1 saturated heterocycles. The summed E-state index contributed by atoms with van der Waals surface area (Å²) in [6.45, 7) is 10.6. The zero-order valence-corrected chi connectivity index (χ0v) is 14.3. The number of aryl methyl sites for hydroxylation is 2. The first-order valence-corrected chi connectivity index (χ1v) is 7.66. The monoisotopic (exact) mass is 308 g/mol. The summed E-state index contributed by atoms with van der Waals surface area (Å²) < 4.78 is 16.3. The summed E-state index contributed by atoms with van der Waals surface area (Å²) in [5, 5.41) is 4.03. The summed E-state index contributed by atoms with van der Waals surface area (Å²) >= 11 is 0. The molecule has 0 radical (unpaired) electrons. The highest BCUT2D eigenvalue weighted by Crippen LogP contribution is 2.34. The molecule has 2 heterocycles. The summed E-state index contributed by atoms with van der Waals surface area (Å²) in [6.07, 6.45) is 0.436. The van der Waals surface area contributed by atoms with Crippen molar-refractivity contribution in [1.29, 1.82) is 0 Å². The average molecular weight is 308 g/mol. The number of hydrogen-bond donors (Lipinski definition) is 0. The molecule has 2 rings (SSSR count). The fraction of sp³-hybridized carbons (Fsp3) is 0.733. The van der Waals surface area contributed by atoms with Crippen LogP contribution in [0.5, 0.6) is 0 Å². The minimum absolute atomic E-state index is 0.0851. The van der Waals surface area contributed by atoms with Crippen molar-refractivity contribution in [2.75, 3.05) is 13.1 Å². The lowest BCUT2D eigenvalue weighted by molar-refractivity contribution is 0.00445. The van der Waals surface area contributed by atoms with Gasteiger partial charge in [-0.2, -0.15) is 0 Å². The Morgan fingerprint density at radius 2 is 2.09 bits per heavy atom. The minimum atomic E-state index is -0.488. The van der Waals surface area contributed by atoms with Gasteiger partial charge in [0.15, 0.2) is 0 Å². The van der Waals surface area contributed by atoms with E-state index in [1.165, 1.54) is 0 Å². The third-order valence-electron chi connectivity index (χ3n) is 3.97. The molecule has 7 heteroatoms.